The standard InChI is InChI=1S/C12H10BrNO2/c1-7-3-4-9(5-8(7)2)14-11(15)6-10(13)12(14)16/h3-6H,1-2H3. The molecule has 2 rings (SSSR count). The lowest BCUT2D eigenvalue weighted by Gasteiger charge is -2.15. The maximum atomic E-state index is 11.7. The van der Waals surface area contributed by atoms with Crippen molar-refractivity contribution in [2.24, 2.45) is 0 Å². The number of carbonyl (C=O) groups is 2. The van der Waals surface area contributed by atoms with Gasteiger partial charge in [-0.2, -0.15) is 0 Å². The van der Waals surface area contributed by atoms with E-state index in [0.29, 0.717) is 10.2 Å². The van der Waals surface area contributed by atoms with E-state index in [4.69, 9.17) is 0 Å². The maximum Gasteiger partial charge on any atom is 0.272 e. The highest BCUT2D eigenvalue weighted by Gasteiger charge is 2.30. The van der Waals surface area contributed by atoms with Gasteiger partial charge in [0.1, 0.15) is 0 Å². The van der Waals surface area contributed by atoms with Crippen LogP contribution in [0.5, 0.6) is 0 Å². The molecule has 1 aliphatic heterocycles. The van der Waals surface area contributed by atoms with E-state index in [0.717, 1.165) is 16.0 Å². The maximum absolute atomic E-state index is 11.7. The van der Waals surface area contributed by atoms with Gasteiger partial charge in [0, 0.05) is 6.08 Å². The lowest BCUT2D eigenvalue weighted by Crippen LogP contribution is -2.30. The van der Waals surface area contributed by atoms with E-state index in [-0.39, 0.29) is 11.8 Å². The number of anilines is 1. The molecule has 0 radical (unpaired) electrons. The predicted octanol–water partition coefficient (Wildman–Crippen LogP) is 2.46. The summed E-state index contributed by atoms with van der Waals surface area (Å²) in [7, 11) is 0. The van der Waals surface area contributed by atoms with Gasteiger partial charge in [-0.1, -0.05) is 6.07 Å². The second-order valence-corrected chi connectivity index (χ2v) is 4.59. The Morgan fingerprint density at radius 2 is 1.81 bits per heavy atom. The Bertz CT molecular complexity index is 520. The summed E-state index contributed by atoms with van der Waals surface area (Å²) in [6.07, 6.45) is 1.29. The fourth-order valence-electron chi connectivity index (χ4n) is 1.55. The molecule has 0 spiro atoms. The van der Waals surface area contributed by atoms with Gasteiger partial charge in [-0.3, -0.25) is 9.59 Å². The zero-order valence-electron chi connectivity index (χ0n) is 8.95. The lowest BCUT2D eigenvalue weighted by molar-refractivity contribution is -0.120. The van der Waals surface area contributed by atoms with Crippen molar-refractivity contribution in [1.82, 2.24) is 0 Å². The van der Waals surface area contributed by atoms with Crippen molar-refractivity contribution in [3.8, 4) is 0 Å². The number of halogens is 1. The minimum absolute atomic E-state index is 0.302. The molecule has 0 aromatic heterocycles. The van der Waals surface area contributed by atoms with Gasteiger partial charge in [-0.25, -0.2) is 4.90 Å². The molecule has 0 atom stereocenters. The smallest absolute Gasteiger partial charge is 0.269 e. The van der Waals surface area contributed by atoms with Crippen LogP contribution in [0.4, 0.5) is 5.69 Å². The Morgan fingerprint density at radius 1 is 1.12 bits per heavy atom. The predicted molar refractivity (Wildman–Crippen MR) is 65.4 cm³/mol. The van der Waals surface area contributed by atoms with Crippen LogP contribution in [0.25, 0.3) is 0 Å². The molecule has 1 aromatic carbocycles. The molecule has 1 aliphatic rings. The van der Waals surface area contributed by atoms with Crippen LogP contribution in [0.1, 0.15) is 11.1 Å². The number of nitrogens with zero attached hydrogens (tertiary/aromatic N) is 1. The third kappa shape index (κ3) is 1.69. The summed E-state index contributed by atoms with van der Waals surface area (Å²) < 4.78 is 0.302. The molecule has 2 amide bonds. The van der Waals surface area contributed by atoms with Gasteiger partial charge in [-0.05, 0) is 53.0 Å². The summed E-state index contributed by atoms with van der Waals surface area (Å²) in [5.74, 6) is -0.617. The van der Waals surface area contributed by atoms with Gasteiger partial charge in [0.15, 0.2) is 0 Å². The van der Waals surface area contributed by atoms with E-state index < -0.39 is 0 Å². The second-order valence-electron chi connectivity index (χ2n) is 3.74. The summed E-state index contributed by atoms with van der Waals surface area (Å²) in [5.41, 5.74) is 2.81. The van der Waals surface area contributed by atoms with Gasteiger partial charge in [0.05, 0.1) is 10.2 Å². The monoisotopic (exact) mass is 279 g/mol. The number of rotatable bonds is 1. The van der Waals surface area contributed by atoms with Crippen LogP contribution in [0.2, 0.25) is 0 Å². The van der Waals surface area contributed by atoms with Gasteiger partial charge >= 0.3 is 0 Å². The van der Waals surface area contributed by atoms with Gasteiger partial charge in [0.25, 0.3) is 11.8 Å². The van der Waals surface area contributed by atoms with E-state index >= 15 is 0 Å². The van der Waals surface area contributed by atoms with Crippen LogP contribution in [0.3, 0.4) is 0 Å². The normalized spacial score (nSPS) is 15.7. The van der Waals surface area contributed by atoms with E-state index in [9.17, 15) is 9.59 Å². The number of hydrogen-bond acceptors (Lipinski definition) is 2. The van der Waals surface area contributed by atoms with Crippen LogP contribution < -0.4 is 4.90 Å². The fourth-order valence-corrected chi connectivity index (χ4v) is 1.92. The van der Waals surface area contributed by atoms with Crippen molar-refractivity contribution in [2.45, 2.75) is 13.8 Å². The molecular formula is C12H10BrNO2. The molecule has 0 unspecified atom stereocenters. The van der Waals surface area contributed by atoms with E-state index in [1.807, 2.05) is 26.0 Å². The van der Waals surface area contributed by atoms with Gasteiger partial charge in [0.2, 0.25) is 0 Å². The molecule has 16 heavy (non-hydrogen) atoms. The average molecular weight is 280 g/mol. The first kappa shape index (κ1) is 11.1. The van der Waals surface area contributed by atoms with Crippen molar-refractivity contribution in [3.05, 3.63) is 39.9 Å². The first-order chi connectivity index (χ1) is 7.50. The Labute approximate surface area is 102 Å². The topological polar surface area (TPSA) is 37.4 Å². The summed E-state index contributed by atoms with van der Waals surface area (Å²) in [4.78, 5) is 24.5. The molecule has 1 heterocycles. The minimum Gasteiger partial charge on any atom is -0.269 e. The molecule has 0 fully saturated rings. The van der Waals surface area contributed by atoms with Gasteiger partial charge in [-0.15, -0.1) is 0 Å². The molecule has 0 saturated carbocycles. The molecule has 4 heteroatoms. The Hall–Kier alpha value is -1.42. The molecular weight excluding hydrogens is 270 g/mol. The van der Waals surface area contributed by atoms with Crippen molar-refractivity contribution in [1.29, 1.82) is 0 Å². The first-order valence-corrected chi connectivity index (χ1v) is 5.63. The number of amides is 2. The van der Waals surface area contributed by atoms with Crippen molar-refractivity contribution in [3.63, 3.8) is 0 Å². The SMILES string of the molecule is Cc1ccc(N2C(=O)C=C(Br)C2=O)cc1C. The molecule has 1 aromatic rings. The minimum atomic E-state index is -0.312. The number of aryl methyl sites for hydroxylation is 2. The molecule has 0 N–H and O–H groups in total. The molecule has 82 valence electrons. The lowest BCUT2D eigenvalue weighted by atomic mass is 10.1. The van der Waals surface area contributed by atoms with E-state index in [1.54, 1.807) is 6.07 Å². The van der Waals surface area contributed by atoms with Crippen molar-refractivity contribution < 1.29 is 9.59 Å². The van der Waals surface area contributed by atoms with Crippen molar-refractivity contribution >= 4 is 33.4 Å². The fraction of sp³-hybridized carbons (Fsp3) is 0.167. The zero-order valence-corrected chi connectivity index (χ0v) is 10.5. The number of carbonyl (C=O) groups excluding carboxylic acids is 2. The van der Waals surface area contributed by atoms with Crippen LogP contribution in [0, 0.1) is 13.8 Å². The Morgan fingerprint density at radius 3 is 2.31 bits per heavy atom. The highest BCUT2D eigenvalue weighted by Crippen LogP contribution is 2.26. The third-order valence-corrected chi connectivity index (χ3v) is 3.19. The summed E-state index contributed by atoms with van der Waals surface area (Å²) >= 11 is 3.06. The average Bonchev–Trinajstić information content (AvgIpc) is 2.47. The molecule has 0 saturated heterocycles. The third-order valence-electron chi connectivity index (χ3n) is 2.63. The molecule has 0 aliphatic carbocycles. The first-order valence-electron chi connectivity index (χ1n) is 4.83. The second kappa shape index (κ2) is 3.87. The Kier molecular flexibility index (Phi) is 2.68. The van der Waals surface area contributed by atoms with Crippen LogP contribution in [0.15, 0.2) is 28.8 Å². The number of benzene rings is 1. The largest absolute Gasteiger partial charge is 0.272 e. The quantitative estimate of drug-likeness (QED) is 0.741. The zero-order chi connectivity index (χ0) is 11.9. The highest BCUT2D eigenvalue weighted by molar-refractivity contribution is 9.12. The van der Waals surface area contributed by atoms with Gasteiger partial charge < -0.3 is 0 Å². The van der Waals surface area contributed by atoms with Crippen LogP contribution in [-0.4, -0.2) is 11.8 Å². The van der Waals surface area contributed by atoms with Crippen LogP contribution in [-0.2, 0) is 9.59 Å². The summed E-state index contributed by atoms with van der Waals surface area (Å²) in [5, 5.41) is 0. The van der Waals surface area contributed by atoms with E-state index in [2.05, 4.69) is 15.9 Å². The van der Waals surface area contributed by atoms with E-state index in [1.165, 1.54) is 6.08 Å². The van der Waals surface area contributed by atoms with Crippen molar-refractivity contribution in [2.75, 3.05) is 4.90 Å². The highest BCUT2D eigenvalue weighted by atomic mass is 79.9. The summed E-state index contributed by atoms with van der Waals surface area (Å²) in [6.45, 7) is 3.94. The summed E-state index contributed by atoms with van der Waals surface area (Å²) in [6, 6.07) is 5.51. The number of imide groups is 1. The number of hydrogen-bond donors (Lipinski definition) is 0. The Balaban J connectivity index is 2.43. The molecule has 0 bridgehead atoms. The molecule has 3 nitrogen and oxygen atoms in total. The van der Waals surface area contributed by atoms with Crippen LogP contribution >= 0.6 is 15.9 Å².